The van der Waals surface area contributed by atoms with Gasteiger partial charge in [-0.1, -0.05) is 0 Å². The Morgan fingerprint density at radius 1 is 1.00 bits per heavy atom. The van der Waals surface area contributed by atoms with Crippen molar-refractivity contribution in [1.82, 2.24) is 0 Å². The molecule has 0 aromatic carbocycles. The summed E-state index contributed by atoms with van der Waals surface area (Å²) in [6, 6.07) is 0. The van der Waals surface area contributed by atoms with Gasteiger partial charge < -0.3 is 0 Å². The molecule has 0 fully saturated rings. The van der Waals surface area contributed by atoms with Crippen LogP contribution in [-0.4, -0.2) is 0 Å². The Morgan fingerprint density at radius 2 is 1.00 bits per heavy atom. The van der Waals surface area contributed by atoms with Crippen molar-refractivity contribution < 1.29 is 72.3 Å². The standard InChI is InChI=1S/Co.Cr.Fe.Pt. The molecule has 0 aliphatic carbocycles. The van der Waals surface area contributed by atoms with E-state index in [1.54, 1.807) is 0 Å². The van der Waals surface area contributed by atoms with E-state index in [9.17, 15) is 0 Å². The van der Waals surface area contributed by atoms with Crippen molar-refractivity contribution >= 4 is 0 Å². The predicted octanol–water partition coefficient (Wildman–Crippen LogP) is -0.0100. The maximum atomic E-state index is 0. The van der Waals surface area contributed by atoms with E-state index in [1.807, 2.05) is 0 Å². The molecule has 4 heteroatoms. The molecule has 0 aromatic rings. The largest absolute Gasteiger partial charge is 0 e. The van der Waals surface area contributed by atoms with Crippen molar-refractivity contribution in [1.29, 1.82) is 0 Å². The van der Waals surface area contributed by atoms with E-state index in [1.165, 1.54) is 0 Å². The molecule has 0 aliphatic rings. The van der Waals surface area contributed by atoms with Crippen LogP contribution >= 0.6 is 0 Å². The first-order valence-corrected chi connectivity index (χ1v) is 0. The molecule has 0 unspecified atom stereocenters. The first-order valence-electron chi connectivity index (χ1n) is 0. The fourth-order valence-corrected chi connectivity index (χ4v) is 0. The molecule has 0 nitrogen and oxygen atoms in total. The smallest absolute Gasteiger partial charge is 0 e. The molecule has 0 heterocycles. The Balaban J connectivity index is 0. The fourth-order valence-electron chi connectivity index (χ4n) is 0. The van der Waals surface area contributed by atoms with Crippen molar-refractivity contribution in [2.45, 2.75) is 0 Å². The number of hydrogen-bond donors (Lipinski definition) is 0. The van der Waals surface area contributed by atoms with Crippen LogP contribution in [-0.2, 0) is 72.3 Å². The van der Waals surface area contributed by atoms with Crippen LogP contribution in [0.25, 0.3) is 0 Å². The molecule has 1 radical (unpaired) electrons. The molecule has 0 saturated carbocycles. The van der Waals surface area contributed by atoms with Crippen LogP contribution in [0.15, 0.2) is 0 Å². The average Bonchev–Trinajstić information content (AvgIpc) is 0. The van der Waals surface area contributed by atoms with Gasteiger partial charge in [-0.25, -0.2) is 0 Å². The zero-order chi connectivity index (χ0) is 0. The summed E-state index contributed by atoms with van der Waals surface area (Å²) in [6.45, 7) is 0. The van der Waals surface area contributed by atoms with Gasteiger partial charge >= 0.3 is 0 Å². The monoisotopic (exact) mass is 362 g/mol. The molecule has 0 aliphatic heterocycles. The van der Waals surface area contributed by atoms with Crippen LogP contribution in [0.2, 0.25) is 0 Å². The third-order valence-corrected chi connectivity index (χ3v) is 0. The number of rotatable bonds is 0. The molecule has 0 atom stereocenters. The Hall–Kier alpha value is 2.25. The molecule has 0 amide bonds. The second kappa shape index (κ2) is 18.7. The summed E-state index contributed by atoms with van der Waals surface area (Å²) in [5.41, 5.74) is 0. The van der Waals surface area contributed by atoms with Crippen LogP contribution in [0.1, 0.15) is 0 Å². The molecule has 0 spiro atoms. The van der Waals surface area contributed by atoms with Crippen LogP contribution in [0.3, 0.4) is 0 Å². The summed E-state index contributed by atoms with van der Waals surface area (Å²) in [5.74, 6) is 0. The van der Waals surface area contributed by atoms with Crippen molar-refractivity contribution in [3.8, 4) is 0 Å². The second-order valence-electron chi connectivity index (χ2n) is 0. The van der Waals surface area contributed by atoms with Crippen LogP contribution in [0.5, 0.6) is 0 Å². The molecular formula is CoCrFePt. The van der Waals surface area contributed by atoms with E-state index in [2.05, 4.69) is 0 Å². The van der Waals surface area contributed by atoms with E-state index in [4.69, 9.17) is 0 Å². The predicted molar refractivity (Wildman–Crippen MR) is 0 cm³/mol. The molecule has 0 rings (SSSR count). The third-order valence-electron chi connectivity index (χ3n) is 0. The van der Waals surface area contributed by atoms with E-state index in [0.717, 1.165) is 0 Å². The topological polar surface area (TPSA) is 0 Å². The summed E-state index contributed by atoms with van der Waals surface area (Å²) in [5, 5.41) is 0. The normalized spacial score (nSPS) is 0. The molecule has 33 valence electrons. The molecule has 4 heavy (non-hydrogen) atoms. The van der Waals surface area contributed by atoms with E-state index in [-0.39, 0.29) is 72.3 Å². The van der Waals surface area contributed by atoms with Crippen molar-refractivity contribution in [2.75, 3.05) is 0 Å². The van der Waals surface area contributed by atoms with Crippen molar-refractivity contribution in [2.24, 2.45) is 0 Å². The molecule has 0 N–H and O–H groups in total. The minimum absolute atomic E-state index is 0. The first-order chi connectivity index (χ1) is 0. The van der Waals surface area contributed by atoms with Gasteiger partial charge in [0.1, 0.15) is 0 Å². The molecule has 0 bridgehead atoms. The third kappa shape index (κ3) is 8.87. The molecular weight excluding hydrogens is 362 g/mol. The van der Waals surface area contributed by atoms with Gasteiger partial charge in [-0.15, -0.1) is 0 Å². The number of hydrogen-bond acceptors (Lipinski definition) is 0. The van der Waals surface area contributed by atoms with Crippen LogP contribution in [0, 0.1) is 0 Å². The van der Waals surface area contributed by atoms with Gasteiger partial charge in [-0.05, 0) is 0 Å². The van der Waals surface area contributed by atoms with Crippen LogP contribution in [0.4, 0.5) is 0 Å². The molecule has 0 aromatic heterocycles. The second-order valence-corrected chi connectivity index (χ2v) is 0. The van der Waals surface area contributed by atoms with Crippen molar-refractivity contribution in [3.05, 3.63) is 0 Å². The Labute approximate surface area is 71.5 Å². The van der Waals surface area contributed by atoms with Crippen LogP contribution < -0.4 is 0 Å². The first kappa shape index (κ1) is 34.1. The van der Waals surface area contributed by atoms with Crippen molar-refractivity contribution in [3.63, 3.8) is 0 Å². The summed E-state index contributed by atoms with van der Waals surface area (Å²) in [4.78, 5) is 0. The summed E-state index contributed by atoms with van der Waals surface area (Å²) < 4.78 is 0. The summed E-state index contributed by atoms with van der Waals surface area (Å²) in [6.07, 6.45) is 0. The Bertz CT molecular complexity index is 8.00. The zero-order valence-electron chi connectivity index (χ0n) is 1.41. The Morgan fingerprint density at radius 3 is 1.00 bits per heavy atom. The quantitative estimate of drug-likeness (QED) is 0.532. The van der Waals surface area contributed by atoms with Gasteiger partial charge in [0, 0.05) is 72.3 Å². The van der Waals surface area contributed by atoms with Gasteiger partial charge in [-0.2, -0.15) is 0 Å². The van der Waals surface area contributed by atoms with Gasteiger partial charge in [0.15, 0.2) is 0 Å². The maximum Gasteiger partial charge on any atom is 0 e. The SMILES string of the molecule is [Co].[Cr].[Fe].[Pt]. The maximum absolute atomic E-state index is 0. The van der Waals surface area contributed by atoms with E-state index >= 15 is 0 Å². The minimum atomic E-state index is 0. The van der Waals surface area contributed by atoms with E-state index in [0.29, 0.717) is 0 Å². The van der Waals surface area contributed by atoms with E-state index < -0.39 is 0 Å². The Kier molecular flexibility index (Phi) is 160. The van der Waals surface area contributed by atoms with Gasteiger partial charge in [0.2, 0.25) is 0 Å². The van der Waals surface area contributed by atoms with Gasteiger partial charge in [-0.3, -0.25) is 0 Å². The summed E-state index contributed by atoms with van der Waals surface area (Å²) >= 11 is 0. The minimum Gasteiger partial charge on any atom is 0 e. The molecule has 0 saturated heterocycles. The zero-order valence-corrected chi connectivity index (χ0v) is 7.10. The fraction of sp³-hybridized carbons (Fsp3) is 0. The van der Waals surface area contributed by atoms with Gasteiger partial charge in [0.25, 0.3) is 0 Å². The average molecular weight is 362 g/mol. The van der Waals surface area contributed by atoms with Gasteiger partial charge in [0.05, 0.1) is 0 Å². The summed E-state index contributed by atoms with van der Waals surface area (Å²) in [7, 11) is 0.